The van der Waals surface area contributed by atoms with Crippen molar-refractivity contribution in [2.45, 2.75) is 13.8 Å². The Morgan fingerprint density at radius 2 is 1.20 bits per heavy atom. The maximum atomic E-state index is 4.97. The van der Waals surface area contributed by atoms with Gasteiger partial charge in [-0.25, -0.2) is 4.98 Å². The number of hydrogen-bond donors (Lipinski definition) is 0. The zero-order chi connectivity index (χ0) is 17.0. The lowest BCUT2D eigenvalue weighted by Gasteiger charge is -2.13. The quantitative estimate of drug-likeness (QED) is 0.349. The molecule has 1 aromatic heterocycles. The van der Waals surface area contributed by atoms with Crippen molar-refractivity contribution in [1.82, 2.24) is 9.55 Å². The van der Waals surface area contributed by atoms with E-state index in [9.17, 15) is 0 Å². The molecule has 25 heavy (non-hydrogen) atoms. The second-order valence-corrected chi connectivity index (χ2v) is 6.57. The Hall–Kier alpha value is -3.13. The molecule has 4 aromatic carbocycles. The van der Waals surface area contributed by atoms with Crippen molar-refractivity contribution in [1.29, 1.82) is 0 Å². The van der Waals surface area contributed by atoms with Crippen LogP contribution in [0.25, 0.3) is 38.3 Å². The molecule has 0 unspecified atom stereocenters. The lowest BCUT2D eigenvalue weighted by Crippen LogP contribution is -1.99. The summed E-state index contributed by atoms with van der Waals surface area (Å²) in [7, 11) is 0. The van der Waals surface area contributed by atoms with Gasteiger partial charge in [0.15, 0.2) is 0 Å². The van der Waals surface area contributed by atoms with Gasteiger partial charge in [-0.3, -0.25) is 4.57 Å². The molecule has 0 aliphatic rings. The number of fused-ring (bicyclic) bond motifs is 6. The summed E-state index contributed by atoms with van der Waals surface area (Å²) in [5.41, 5.74) is 4.72. The van der Waals surface area contributed by atoms with Crippen molar-refractivity contribution < 1.29 is 0 Å². The molecule has 0 amide bonds. The van der Waals surface area contributed by atoms with E-state index in [1.165, 1.54) is 38.3 Å². The van der Waals surface area contributed by atoms with Crippen molar-refractivity contribution in [3.63, 3.8) is 0 Å². The fraction of sp³-hybridized carbons (Fsp3) is 0.0870. The minimum absolute atomic E-state index is 1.02. The fourth-order valence-corrected chi connectivity index (χ4v) is 3.93. The molecule has 0 spiro atoms. The molecule has 0 bridgehead atoms. The highest BCUT2D eigenvalue weighted by atomic mass is 15.1. The Labute approximate surface area is 146 Å². The first-order chi connectivity index (χ1) is 12.3. The minimum atomic E-state index is 1.02. The normalized spacial score (nSPS) is 11.6. The van der Waals surface area contributed by atoms with Gasteiger partial charge in [-0.2, -0.15) is 0 Å². The van der Waals surface area contributed by atoms with Gasteiger partial charge in [-0.05, 0) is 36.2 Å². The number of aromatic nitrogens is 2. The van der Waals surface area contributed by atoms with Crippen molar-refractivity contribution >= 4 is 32.6 Å². The van der Waals surface area contributed by atoms with Gasteiger partial charge in [0.05, 0.1) is 16.7 Å². The van der Waals surface area contributed by atoms with Gasteiger partial charge < -0.3 is 0 Å². The molecule has 1 heterocycles. The number of imidazole rings is 1. The average Bonchev–Trinajstić information content (AvgIpc) is 3.00. The first kappa shape index (κ1) is 14.2. The zero-order valence-electron chi connectivity index (χ0n) is 14.3. The third-order valence-corrected chi connectivity index (χ3v) is 5.06. The molecule has 2 heteroatoms. The summed E-state index contributed by atoms with van der Waals surface area (Å²) >= 11 is 0. The summed E-state index contributed by atoms with van der Waals surface area (Å²) in [6, 6.07) is 25.7. The van der Waals surface area contributed by atoms with Crippen LogP contribution in [0.1, 0.15) is 11.4 Å². The van der Waals surface area contributed by atoms with Gasteiger partial charge in [0.1, 0.15) is 5.82 Å². The molecule has 5 aromatic rings. The third kappa shape index (κ3) is 1.94. The van der Waals surface area contributed by atoms with E-state index in [1.807, 2.05) is 0 Å². The summed E-state index contributed by atoms with van der Waals surface area (Å²) in [6.45, 7) is 4.25. The summed E-state index contributed by atoms with van der Waals surface area (Å²) < 4.78 is 2.30. The number of aryl methyl sites for hydroxylation is 2. The van der Waals surface area contributed by atoms with Gasteiger partial charge in [0.25, 0.3) is 0 Å². The van der Waals surface area contributed by atoms with Crippen LogP contribution in [-0.2, 0) is 0 Å². The monoisotopic (exact) mass is 322 g/mol. The SMILES string of the molecule is Cc1ccccc1-n1c(C)nc2c3ccccc3c3ccccc3c21. The number of hydrogen-bond acceptors (Lipinski definition) is 1. The van der Waals surface area contributed by atoms with Crippen molar-refractivity contribution in [2.24, 2.45) is 0 Å². The summed E-state index contributed by atoms with van der Waals surface area (Å²) in [5.74, 6) is 1.02. The predicted octanol–water partition coefficient (Wildman–Crippen LogP) is 5.95. The average molecular weight is 322 g/mol. The maximum Gasteiger partial charge on any atom is 0.111 e. The fourth-order valence-electron chi connectivity index (χ4n) is 3.93. The number of nitrogens with zero attached hydrogens (tertiary/aromatic N) is 2. The lowest BCUT2D eigenvalue weighted by atomic mass is 10.00. The van der Waals surface area contributed by atoms with E-state index in [0.717, 1.165) is 11.3 Å². The molecule has 0 N–H and O–H groups in total. The van der Waals surface area contributed by atoms with E-state index in [-0.39, 0.29) is 0 Å². The molecule has 0 atom stereocenters. The molecule has 5 rings (SSSR count). The highest BCUT2D eigenvalue weighted by Crippen LogP contribution is 2.36. The van der Waals surface area contributed by atoms with Gasteiger partial charge >= 0.3 is 0 Å². The molecule has 0 saturated carbocycles. The second-order valence-electron chi connectivity index (χ2n) is 6.57. The first-order valence-electron chi connectivity index (χ1n) is 8.60. The number of rotatable bonds is 1. The highest BCUT2D eigenvalue weighted by molar-refractivity contribution is 6.23. The Morgan fingerprint density at radius 1 is 0.640 bits per heavy atom. The highest BCUT2D eigenvalue weighted by Gasteiger charge is 2.17. The lowest BCUT2D eigenvalue weighted by molar-refractivity contribution is 0.992. The zero-order valence-corrected chi connectivity index (χ0v) is 14.3. The van der Waals surface area contributed by atoms with E-state index >= 15 is 0 Å². The molecule has 0 radical (unpaired) electrons. The Balaban J connectivity index is 2.09. The van der Waals surface area contributed by atoms with Crippen LogP contribution in [0.2, 0.25) is 0 Å². The molecule has 0 fully saturated rings. The molecule has 0 saturated heterocycles. The van der Waals surface area contributed by atoms with Gasteiger partial charge in [0.2, 0.25) is 0 Å². The van der Waals surface area contributed by atoms with Gasteiger partial charge in [-0.15, -0.1) is 0 Å². The van der Waals surface area contributed by atoms with E-state index in [0.29, 0.717) is 0 Å². The second kappa shape index (κ2) is 5.18. The first-order valence-corrected chi connectivity index (χ1v) is 8.60. The molecular weight excluding hydrogens is 304 g/mol. The van der Waals surface area contributed by atoms with Crippen LogP contribution in [0.3, 0.4) is 0 Å². The standard InChI is InChI=1S/C23H18N2/c1-15-9-3-8-14-21(15)25-16(2)24-22-19-12-6-4-10-17(19)18-11-5-7-13-20(18)23(22)25/h3-14H,1-2H3. The van der Waals surface area contributed by atoms with Crippen molar-refractivity contribution in [3.05, 3.63) is 84.2 Å². The Kier molecular flexibility index (Phi) is 2.95. The largest absolute Gasteiger partial charge is 0.296 e. The van der Waals surface area contributed by atoms with E-state index < -0.39 is 0 Å². The topological polar surface area (TPSA) is 17.8 Å². The molecular formula is C23H18N2. The molecule has 120 valence electrons. The van der Waals surface area contributed by atoms with E-state index in [4.69, 9.17) is 4.98 Å². The van der Waals surface area contributed by atoms with Crippen LogP contribution in [-0.4, -0.2) is 9.55 Å². The maximum absolute atomic E-state index is 4.97. The Morgan fingerprint density at radius 3 is 1.92 bits per heavy atom. The summed E-state index contributed by atoms with van der Waals surface area (Å²) in [4.78, 5) is 4.97. The van der Waals surface area contributed by atoms with E-state index in [2.05, 4.69) is 91.2 Å². The van der Waals surface area contributed by atoms with Crippen molar-refractivity contribution in [2.75, 3.05) is 0 Å². The summed E-state index contributed by atoms with van der Waals surface area (Å²) in [6.07, 6.45) is 0. The number of para-hydroxylation sites is 1. The molecule has 0 aliphatic heterocycles. The van der Waals surface area contributed by atoms with Gasteiger partial charge in [0, 0.05) is 10.8 Å². The predicted molar refractivity (Wildman–Crippen MR) is 106 cm³/mol. The minimum Gasteiger partial charge on any atom is -0.296 e. The van der Waals surface area contributed by atoms with Crippen LogP contribution in [0.15, 0.2) is 72.8 Å². The van der Waals surface area contributed by atoms with Gasteiger partial charge in [-0.1, -0.05) is 66.7 Å². The van der Waals surface area contributed by atoms with E-state index in [1.54, 1.807) is 0 Å². The van der Waals surface area contributed by atoms with Crippen LogP contribution in [0.4, 0.5) is 0 Å². The number of benzene rings is 4. The molecule has 0 aliphatic carbocycles. The van der Waals surface area contributed by atoms with Crippen LogP contribution in [0.5, 0.6) is 0 Å². The van der Waals surface area contributed by atoms with Crippen LogP contribution >= 0.6 is 0 Å². The van der Waals surface area contributed by atoms with Crippen molar-refractivity contribution in [3.8, 4) is 5.69 Å². The smallest absolute Gasteiger partial charge is 0.111 e. The third-order valence-electron chi connectivity index (χ3n) is 5.06. The van der Waals surface area contributed by atoms with Crippen LogP contribution in [0, 0.1) is 13.8 Å². The summed E-state index contributed by atoms with van der Waals surface area (Å²) in [5, 5.41) is 5.01. The van der Waals surface area contributed by atoms with Crippen LogP contribution < -0.4 is 0 Å². The molecule has 2 nitrogen and oxygen atoms in total. The Bertz CT molecular complexity index is 1260.